The predicted octanol–water partition coefficient (Wildman–Crippen LogP) is 6.23. The predicted molar refractivity (Wildman–Crippen MR) is 89.3 cm³/mol. The van der Waals surface area contributed by atoms with Crippen LogP contribution in [0.5, 0.6) is 0 Å². The molecule has 2 N–H and O–H groups in total. The highest BCUT2D eigenvalue weighted by atomic mass is 16.5. The molecule has 0 aliphatic heterocycles. The summed E-state index contributed by atoms with van der Waals surface area (Å²) >= 11 is 0. The highest BCUT2D eigenvalue weighted by molar-refractivity contribution is 4.50. The SMILES string of the molecule is CCCCCCCCCCCCCCCCCCNO. The maximum atomic E-state index is 8.43. The molecule has 0 aromatic carbocycles. The fourth-order valence-corrected chi connectivity index (χ4v) is 2.75. The van der Waals surface area contributed by atoms with Crippen molar-refractivity contribution in [1.82, 2.24) is 5.48 Å². The Labute approximate surface area is 127 Å². The average molecular weight is 286 g/mol. The average Bonchev–Trinajstić information content (AvgIpc) is 2.47. The van der Waals surface area contributed by atoms with E-state index in [4.69, 9.17) is 5.21 Å². The van der Waals surface area contributed by atoms with E-state index in [0.717, 1.165) is 13.0 Å². The lowest BCUT2D eigenvalue weighted by molar-refractivity contribution is 0.164. The van der Waals surface area contributed by atoms with Crippen molar-refractivity contribution >= 4 is 0 Å². The van der Waals surface area contributed by atoms with Crippen molar-refractivity contribution in [2.45, 2.75) is 110 Å². The van der Waals surface area contributed by atoms with E-state index < -0.39 is 0 Å². The molecule has 0 aromatic heterocycles. The number of rotatable bonds is 17. The molecule has 2 nitrogen and oxygen atoms in total. The Hall–Kier alpha value is -0.0800. The molecular formula is C18H39NO. The van der Waals surface area contributed by atoms with Gasteiger partial charge in [-0.3, -0.25) is 0 Å². The van der Waals surface area contributed by atoms with Gasteiger partial charge in [-0.2, -0.15) is 0 Å². The van der Waals surface area contributed by atoms with Gasteiger partial charge >= 0.3 is 0 Å². The lowest BCUT2D eigenvalue weighted by Crippen LogP contribution is -2.07. The van der Waals surface area contributed by atoms with E-state index in [1.807, 2.05) is 0 Å². The van der Waals surface area contributed by atoms with Crippen molar-refractivity contribution in [3.63, 3.8) is 0 Å². The maximum absolute atomic E-state index is 8.43. The fourth-order valence-electron chi connectivity index (χ4n) is 2.75. The Morgan fingerprint density at radius 3 is 1.10 bits per heavy atom. The van der Waals surface area contributed by atoms with Gasteiger partial charge in [0.1, 0.15) is 0 Å². The lowest BCUT2D eigenvalue weighted by atomic mass is 10.0. The Kier molecular flexibility index (Phi) is 18.8. The van der Waals surface area contributed by atoms with Crippen molar-refractivity contribution in [2.24, 2.45) is 0 Å². The molecule has 0 unspecified atom stereocenters. The molecule has 20 heavy (non-hydrogen) atoms. The minimum Gasteiger partial charge on any atom is -0.317 e. The molecule has 0 aliphatic rings. The largest absolute Gasteiger partial charge is 0.317 e. The number of hydrogen-bond donors (Lipinski definition) is 2. The minimum atomic E-state index is 0.748. The molecule has 0 saturated heterocycles. The summed E-state index contributed by atoms with van der Waals surface area (Å²) in [4.78, 5) is 0. The smallest absolute Gasteiger partial charge is 0.0207 e. The summed E-state index contributed by atoms with van der Waals surface area (Å²) in [5.41, 5.74) is 2.22. The summed E-state index contributed by atoms with van der Waals surface area (Å²) in [5.74, 6) is 0. The Balaban J connectivity index is 2.89. The van der Waals surface area contributed by atoms with Crippen LogP contribution in [0.2, 0.25) is 0 Å². The molecule has 122 valence electrons. The number of hydroxylamine groups is 1. The lowest BCUT2D eigenvalue weighted by Gasteiger charge is -2.03. The molecule has 0 radical (unpaired) electrons. The van der Waals surface area contributed by atoms with Crippen LogP contribution < -0.4 is 5.48 Å². The highest BCUT2D eigenvalue weighted by Gasteiger charge is 1.94. The first-order valence-corrected chi connectivity index (χ1v) is 9.28. The molecule has 0 heterocycles. The Bertz CT molecular complexity index is 143. The molecule has 2 heteroatoms. The van der Waals surface area contributed by atoms with Gasteiger partial charge < -0.3 is 5.21 Å². The van der Waals surface area contributed by atoms with Gasteiger partial charge in [-0.15, -0.1) is 0 Å². The molecule has 0 atom stereocenters. The first-order valence-electron chi connectivity index (χ1n) is 9.28. The zero-order valence-electron chi connectivity index (χ0n) is 14.0. The van der Waals surface area contributed by atoms with Crippen LogP contribution in [0.15, 0.2) is 0 Å². The zero-order valence-corrected chi connectivity index (χ0v) is 14.0. The van der Waals surface area contributed by atoms with Gasteiger partial charge in [0, 0.05) is 6.54 Å². The van der Waals surface area contributed by atoms with Gasteiger partial charge in [0.25, 0.3) is 0 Å². The third kappa shape index (κ3) is 17.9. The van der Waals surface area contributed by atoms with Crippen LogP contribution in [-0.2, 0) is 0 Å². The van der Waals surface area contributed by atoms with Gasteiger partial charge in [0.15, 0.2) is 0 Å². The minimum absolute atomic E-state index is 0.748. The normalized spacial score (nSPS) is 11.1. The molecule has 0 aromatic rings. The van der Waals surface area contributed by atoms with Crippen LogP contribution in [0.3, 0.4) is 0 Å². The number of hydrogen-bond acceptors (Lipinski definition) is 2. The number of unbranched alkanes of at least 4 members (excludes halogenated alkanes) is 15. The standard InChI is InChI=1S/C18H39NO/c1-2-3-4-5-6-7-8-9-10-11-12-13-14-15-16-17-18-19-20/h19-20H,2-18H2,1H3. The van der Waals surface area contributed by atoms with Crippen molar-refractivity contribution in [2.75, 3.05) is 6.54 Å². The molecule has 0 bridgehead atoms. The summed E-state index contributed by atoms with van der Waals surface area (Å²) in [6, 6.07) is 0. The monoisotopic (exact) mass is 285 g/mol. The van der Waals surface area contributed by atoms with Crippen molar-refractivity contribution < 1.29 is 5.21 Å². The third-order valence-electron chi connectivity index (χ3n) is 4.14. The van der Waals surface area contributed by atoms with Crippen molar-refractivity contribution in [3.05, 3.63) is 0 Å². The first kappa shape index (κ1) is 19.9. The van der Waals surface area contributed by atoms with Crippen LogP contribution in [0.4, 0.5) is 0 Å². The third-order valence-corrected chi connectivity index (χ3v) is 4.14. The van der Waals surface area contributed by atoms with Crippen LogP contribution in [0.25, 0.3) is 0 Å². The Morgan fingerprint density at radius 2 is 0.800 bits per heavy atom. The highest BCUT2D eigenvalue weighted by Crippen LogP contribution is 2.13. The van der Waals surface area contributed by atoms with Gasteiger partial charge in [-0.05, 0) is 6.42 Å². The van der Waals surface area contributed by atoms with Gasteiger partial charge in [-0.25, -0.2) is 5.48 Å². The molecule has 0 fully saturated rings. The summed E-state index contributed by atoms with van der Waals surface area (Å²) in [6.07, 6.45) is 22.3. The topological polar surface area (TPSA) is 32.3 Å². The van der Waals surface area contributed by atoms with Crippen molar-refractivity contribution in [3.8, 4) is 0 Å². The van der Waals surface area contributed by atoms with E-state index in [2.05, 4.69) is 12.4 Å². The van der Waals surface area contributed by atoms with E-state index in [0.29, 0.717) is 0 Å². The second-order valence-electron chi connectivity index (χ2n) is 6.21. The summed E-state index contributed by atoms with van der Waals surface area (Å²) in [7, 11) is 0. The van der Waals surface area contributed by atoms with E-state index in [1.54, 1.807) is 0 Å². The van der Waals surface area contributed by atoms with Gasteiger partial charge in [-0.1, -0.05) is 103 Å². The quantitative estimate of drug-likeness (QED) is 0.245. The van der Waals surface area contributed by atoms with Crippen LogP contribution >= 0.6 is 0 Å². The molecule has 0 rings (SSSR count). The Morgan fingerprint density at radius 1 is 0.500 bits per heavy atom. The van der Waals surface area contributed by atoms with Gasteiger partial charge in [0.2, 0.25) is 0 Å². The molecule has 0 spiro atoms. The van der Waals surface area contributed by atoms with E-state index in [-0.39, 0.29) is 0 Å². The van der Waals surface area contributed by atoms with Crippen LogP contribution in [0.1, 0.15) is 110 Å². The first-order chi connectivity index (χ1) is 9.91. The van der Waals surface area contributed by atoms with Crippen LogP contribution in [0, 0.1) is 0 Å². The summed E-state index contributed by atoms with van der Waals surface area (Å²) < 4.78 is 0. The van der Waals surface area contributed by atoms with Crippen molar-refractivity contribution in [1.29, 1.82) is 0 Å². The second kappa shape index (κ2) is 18.9. The number of nitrogens with one attached hydrogen (secondary N) is 1. The molecule has 0 saturated carbocycles. The second-order valence-corrected chi connectivity index (χ2v) is 6.21. The van der Waals surface area contributed by atoms with Crippen LogP contribution in [-0.4, -0.2) is 11.8 Å². The summed E-state index contributed by atoms with van der Waals surface area (Å²) in [5, 5.41) is 8.43. The zero-order chi connectivity index (χ0) is 14.7. The molecular weight excluding hydrogens is 246 g/mol. The van der Waals surface area contributed by atoms with E-state index >= 15 is 0 Å². The molecule has 0 amide bonds. The maximum Gasteiger partial charge on any atom is 0.0207 e. The summed E-state index contributed by atoms with van der Waals surface area (Å²) in [6.45, 7) is 3.03. The van der Waals surface area contributed by atoms with E-state index in [1.165, 1.54) is 96.3 Å². The van der Waals surface area contributed by atoms with E-state index in [9.17, 15) is 0 Å². The van der Waals surface area contributed by atoms with Gasteiger partial charge in [0.05, 0.1) is 0 Å². The fraction of sp³-hybridized carbons (Fsp3) is 1.00. The molecule has 0 aliphatic carbocycles.